The molecular weight excluding hydrogens is 249 g/mol. The van der Waals surface area contributed by atoms with Crippen molar-refractivity contribution in [1.29, 1.82) is 0 Å². The van der Waals surface area contributed by atoms with Crippen LogP contribution in [-0.4, -0.2) is 27.1 Å². The molecule has 4 nitrogen and oxygen atoms in total. The predicted octanol–water partition coefficient (Wildman–Crippen LogP) is 1.94. The SMILES string of the molecule is COC1CCCC=C1OS(=O)(=O)C(F)(F)F. The Bertz CT molecular complexity index is 371. The maximum absolute atomic E-state index is 12.0. The Labute approximate surface area is 91.2 Å². The maximum Gasteiger partial charge on any atom is 0.534 e. The fourth-order valence-corrected chi connectivity index (χ4v) is 1.84. The highest BCUT2D eigenvalue weighted by Crippen LogP contribution is 2.30. The van der Waals surface area contributed by atoms with Crippen LogP contribution in [0.2, 0.25) is 0 Å². The topological polar surface area (TPSA) is 52.6 Å². The minimum atomic E-state index is -5.59. The summed E-state index contributed by atoms with van der Waals surface area (Å²) in [6, 6.07) is 0. The van der Waals surface area contributed by atoms with E-state index in [4.69, 9.17) is 4.74 Å². The van der Waals surface area contributed by atoms with Crippen molar-refractivity contribution < 1.29 is 30.5 Å². The van der Waals surface area contributed by atoms with Gasteiger partial charge in [0.15, 0.2) is 0 Å². The Morgan fingerprint density at radius 1 is 1.44 bits per heavy atom. The second-order valence-electron chi connectivity index (χ2n) is 3.24. The quantitative estimate of drug-likeness (QED) is 0.574. The van der Waals surface area contributed by atoms with Crippen LogP contribution in [0.3, 0.4) is 0 Å². The molecule has 0 fully saturated rings. The highest BCUT2D eigenvalue weighted by atomic mass is 32.2. The first kappa shape index (κ1) is 13.3. The van der Waals surface area contributed by atoms with Crippen LogP contribution in [0.4, 0.5) is 13.2 Å². The number of ether oxygens (including phenoxy) is 1. The molecule has 0 saturated carbocycles. The molecule has 8 heteroatoms. The maximum atomic E-state index is 12.0. The third-order valence-electron chi connectivity index (χ3n) is 2.11. The van der Waals surface area contributed by atoms with Gasteiger partial charge in [-0.3, -0.25) is 0 Å². The van der Waals surface area contributed by atoms with Crippen LogP contribution in [0.1, 0.15) is 19.3 Å². The zero-order valence-corrected chi connectivity index (χ0v) is 9.27. The Balaban J connectivity index is 2.85. The van der Waals surface area contributed by atoms with Crippen LogP contribution in [-0.2, 0) is 19.0 Å². The number of allylic oxidation sites excluding steroid dienone is 1. The fraction of sp³-hybridized carbons (Fsp3) is 0.750. The molecule has 0 amide bonds. The minimum absolute atomic E-state index is 0.286. The lowest BCUT2D eigenvalue weighted by atomic mass is 10.0. The molecule has 16 heavy (non-hydrogen) atoms. The first-order chi connectivity index (χ1) is 7.28. The van der Waals surface area contributed by atoms with E-state index < -0.39 is 21.7 Å². The van der Waals surface area contributed by atoms with E-state index >= 15 is 0 Å². The van der Waals surface area contributed by atoms with Crippen molar-refractivity contribution >= 4 is 10.1 Å². The first-order valence-electron chi connectivity index (χ1n) is 4.51. The molecule has 0 saturated heterocycles. The number of hydrogen-bond acceptors (Lipinski definition) is 4. The van der Waals surface area contributed by atoms with Crippen molar-refractivity contribution in [2.45, 2.75) is 30.9 Å². The van der Waals surface area contributed by atoms with Crippen molar-refractivity contribution in [1.82, 2.24) is 0 Å². The largest absolute Gasteiger partial charge is 0.534 e. The van der Waals surface area contributed by atoms with Gasteiger partial charge in [0, 0.05) is 7.11 Å². The average Bonchev–Trinajstić information content (AvgIpc) is 2.16. The lowest BCUT2D eigenvalue weighted by Gasteiger charge is -2.22. The summed E-state index contributed by atoms with van der Waals surface area (Å²) >= 11 is 0. The summed E-state index contributed by atoms with van der Waals surface area (Å²) in [7, 11) is -4.30. The number of methoxy groups -OCH3 is 1. The van der Waals surface area contributed by atoms with Gasteiger partial charge in [-0.15, -0.1) is 0 Å². The third-order valence-corrected chi connectivity index (χ3v) is 3.09. The molecule has 1 aliphatic rings. The number of halogens is 3. The summed E-state index contributed by atoms with van der Waals surface area (Å²) in [5.74, 6) is -0.286. The zero-order valence-electron chi connectivity index (χ0n) is 8.45. The van der Waals surface area contributed by atoms with E-state index in [-0.39, 0.29) is 5.76 Å². The monoisotopic (exact) mass is 260 g/mol. The summed E-state index contributed by atoms with van der Waals surface area (Å²) in [6.07, 6.45) is 2.21. The van der Waals surface area contributed by atoms with Crippen LogP contribution >= 0.6 is 0 Å². The molecule has 94 valence electrons. The Hall–Kier alpha value is -0.760. The lowest BCUT2D eigenvalue weighted by molar-refractivity contribution is -0.0539. The molecular formula is C8H11F3O4S. The third kappa shape index (κ3) is 2.88. The molecule has 0 aromatic rings. The molecule has 1 rings (SSSR count). The van der Waals surface area contributed by atoms with E-state index in [1.165, 1.54) is 13.2 Å². The molecule has 0 radical (unpaired) electrons. The minimum Gasteiger partial charge on any atom is -0.378 e. The van der Waals surface area contributed by atoms with E-state index in [2.05, 4.69) is 4.18 Å². The summed E-state index contributed by atoms with van der Waals surface area (Å²) in [6.45, 7) is 0. The van der Waals surface area contributed by atoms with Gasteiger partial charge in [0.25, 0.3) is 0 Å². The van der Waals surface area contributed by atoms with Gasteiger partial charge in [-0.25, -0.2) is 0 Å². The van der Waals surface area contributed by atoms with Gasteiger partial charge in [-0.2, -0.15) is 21.6 Å². The van der Waals surface area contributed by atoms with Gasteiger partial charge in [0.1, 0.15) is 11.9 Å². The van der Waals surface area contributed by atoms with E-state index in [1.807, 2.05) is 0 Å². The molecule has 1 unspecified atom stereocenters. The smallest absolute Gasteiger partial charge is 0.378 e. The zero-order chi connectivity index (χ0) is 12.4. The number of rotatable bonds is 3. The molecule has 0 aromatic heterocycles. The van der Waals surface area contributed by atoms with E-state index in [0.717, 1.165) is 6.42 Å². The van der Waals surface area contributed by atoms with Gasteiger partial charge in [0.05, 0.1) is 0 Å². The molecule has 0 aromatic carbocycles. The summed E-state index contributed by atoms with van der Waals surface area (Å²) in [5, 5.41) is 0. The van der Waals surface area contributed by atoms with Gasteiger partial charge < -0.3 is 8.92 Å². The fourth-order valence-electron chi connectivity index (χ4n) is 1.32. The van der Waals surface area contributed by atoms with Crippen molar-refractivity contribution in [2.75, 3.05) is 7.11 Å². The molecule has 1 atom stereocenters. The van der Waals surface area contributed by atoms with Crippen molar-refractivity contribution in [3.63, 3.8) is 0 Å². The van der Waals surface area contributed by atoms with E-state index in [0.29, 0.717) is 12.8 Å². The average molecular weight is 260 g/mol. The highest BCUT2D eigenvalue weighted by Gasteiger charge is 2.49. The molecule has 0 spiro atoms. The molecule has 0 N–H and O–H groups in total. The standard InChI is InChI=1S/C8H11F3O4S/c1-14-6-4-2-3-5-7(6)15-16(12,13)8(9,10)11/h5-6H,2-4H2,1H3. The van der Waals surface area contributed by atoms with Crippen molar-refractivity contribution in [3.8, 4) is 0 Å². The first-order valence-corrected chi connectivity index (χ1v) is 5.92. The predicted molar refractivity (Wildman–Crippen MR) is 48.8 cm³/mol. The van der Waals surface area contributed by atoms with Gasteiger partial charge >= 0.3 is 15.6 Å². The van der Waals surface area contributed by atoms with Gasteiger partial charge in [-0.05, 0) is 25.3 Å². The number of alkyl halides is 3. The van der Waals surface area contributed by atoms with Crippen molar-refractivity contribution in [2.24, 2.45) is 0 Å². The van der Waals surface area contributed by atoms with E-state index in [1.54, 1.807) is 0 Å². The highest BCUT2D eigenvalue weighted by molar-refractivity contribution is 7.87. The van der Waals surface area contributed by atoms with Crippen LogP contribution in [0.15, 0.2) is 11.8 Å². The molecule has 1 aliphatic carbocycles. The van der Waals surface area contributed by atoms with Crippen LogP contribution in [0.5, 0.6) is 0 Å². The summed E-state index contributed by atoms with van der Waals surface area (Å²) in [5.41, 5.74) is -5.41. The lowest BCUT2D eigenvalue weighted by Crippen LogP contribution is -2.29. The van der Waals surface area contributed by atoms with Crippen LogP contribution in [0.25, 0.3) is 0 Å². The molecule has 0 bridgehead atoms. The molecule has 0 aliphatic heterocycles. The number of hydrogen-bond donors (Lipinski definition) is 0. The Kier molecular flexibility index (Phi) is 3.84. The second kappa shape index (κ2) is 4.62. The van der Waals surface area contributed by atoms with E-state index in [9.17, 15) is 21.6 Å². The normalized spacial score (nSPS) is 22.8. The molecule has 0 heterocycles. The van der Waals surface area contributed by atoms with Crippen LogP contribution in [0, 0.1) is 0 Å². The Morgan fingerprint density at radius 3 is 2.56 bits per heavy atom. The van der Waals surface area contributed by atoms with Crippen molar-refractivity contribution in [3.05, 3.63) is 11.8 Å². The summed E-state index contributed by atoms with van der Waals surface area (Å²) < 4.78 is 66.5. The summed E-state index contributed by atoms with van der Waals surface area (Å²) in [4.78, 5) is 0. The van der Waals surface area contributed by atoms with Gasteiger partial charge in [0.2, 0.25) is 0 Å². The van der Waals surface area contributed by atoms with Gasteiger partial charge in [-0.1, -0.05) is 0 Å². The Morgan fingerprint density at radius 2 is 2.06 bits per heavy atom. The van der Waals surface area contributed by atoms with Crippen LogP contribution < -0.4 is 0 Å². The second-order valence-corrected chi connectivity index (χ2v) is 4.78.